The van der Waals surface area contributed by atoms with Crippen molar-refractivity contribution < 1.29 is 28.5 Å². The minimum absolute atomic E-state index is 0. The van der Waals surface area contributed by atoms with Crippen LogP contribution in [0.5, 0.6) is 6.01 Å². The van der Waals surface area contributed by atoms with Gasteiger partial charge in [-0.15, -0.1) is 0 Å². The van der Waals surface area contributed by atoms with Crippen LogP contribution in [0.2, 0.25) is 0 Å². The van der Waals surface area contributed by atoms with Crippen molar-refractivity contribution >= 4 is 11.9 Å². The highest BCUT2D eigenvalue weighted by atomic mass is 16.7. The van der Waals surface area contributed by atoms with Gasteiger partial charge in [0.25, 0.3) is 0 Å². The third kappa shape index (κ3) is 3.19. The Morgan fingerprint density at radius 2 is 2.13 bits per heavy atom. The molecule has 3 heterocycles. The van der Waals surface area contributed by atoms with Crippen LogP contribution in [0.1, 0.15) is 27.5 Å². The molecule has 2 aliphatic heterocycles. The minimum Gasteiger partial charge on any atom is -0.463 e. The van der Waals surface area contributed by atoms with Crippen molar-refractivity contribution in [1.29, 1.82) is 5.41 Å². The molecule has 126 valence electrons. The Morgan fingerprint density at radius 3 is 2.78 bits per heavy atom. The summed E-state index contributed by atoms with van der Waals surface area (Å²) in [5, 5.41) is 7.50. The highest BCUT2D eigenvalue weighted by Crippen LogP contribution is 2.40. The highest BCUT2D eigenvalue weighted by Gasteiger charge is 2.54. The molecule has 4 atom stereocenters. The zero-order valence-electron chi connectivity index (χ0n) is 12.0. The number of esters is 2. The van der Waals surface area contributed by atoms with E-state index in [1.54, 1.807) is 10.8 Å². The molecule has 1 aromatic rings. The lowest BCUT2D eigenvalue weighted by Gasteiger charge is -2.20. The van der Waals surface area contributed by atoms with Gasteiger partial charge in [0.1, 0.15) is 12.7 Å². The van der Waals surface area contributed by atoms with E-state index in [1.165, 1.54) is 19.9 Å². The molecule has 9 heteroatoms. The second-order valence-electron chi connectivity index (χ2n) is 5.03. The molecule has 23 heavy (non-hydrogen) atoms. The molecule has 3 rings (SSSR count). The van der Waals surface area contributed by atoms with E-state index in [2.05, 4.69) is 4.98 Å². The van der Waals surface area contributed by atoms with Gasteiger partial charge in [0, 0.05) is 20.0 Å². The number of nitrogens with zero attached hydrogens (tertiary/aromatic N) is 2. The average molecular weight is 325 g/mol. The van der Waals surface area contributed by atoms with Crippen LogP contribution < -0.4 is 10.2 Å². The quantitative estimate of drug-likeness (QED) is 0.787. The second kappa shape index (κ2) is 6.37. The van der Waals surface area contributed by atoms with E-state index in [-0.39, 0.29) is 25.5 Å². The molecule has 1 N–H and O–H groups in total. The zero-order valence-corrected chi connectivity index (χ0v) is 12.0. The highest BCUT2D eigenvalue weighted by molar-refractivity contribution is 5.66. The van der Waals surface area contributed by atoms with Gasteiger partial charge in [-0.3, -0.25) is 19.6 Å². The molecule has 1 aromatic heterocycles. The van der Waals surface area contributed by atoms with Crippen molar-refractivity contribution in [3.8, 4) is 6.01 Å². The fourth-order valence-corrected chi connectivity index (χ4v) is 2.54. The smallest absolute Gasteiger partial charge is 0.303 e. The Labute approximate surface area is 132 Å². The predicted octanol–water partition coefficient (Wildman–Crippen LogP) is 0.152. The maximum atomic E-state index is 11.3. The summed E-state index contributed by atoms with van der Waals surface area (Å²) in [5.41, 5.74) is 0.0618. The normalized spacial score (nSPS) is 27.2. The van der Waals surface area contributed by atoms with Crippen molar-refractivity contribution in [1.82, 2.24) is 9.55 Å². The van der Waals surface area contributed by atoms with Crippen molar-refractivity contribution in [2.75, 3.05) is 6.61 Å². The van der Waals surface area contributed by atoms with Gasteiger partial charge in [-0.05, 0) is 6.07 Å². The Balaban J connectivity index is 0.00000192. The first-order valence-corrected chi connectivity index (χ1v) is 6.72. The number of hydrogen-bond donors (Lipinski definition) is 1. The lowest BCUT2D eigenvalue weighted by molar-refractivity contribution is -0.157. The molecule has 0 unspecified atom stereocenters. The summed E-state index contributed by atoms with van der Waals surface area (Å²) < 4.78 is 23.3. The summed E-state index contributed by atoms with van der Waals surface area (Å²) in [6.45, 7) is 2.53. The molecule has 0 amide bonds. The van der Waals surface area contributed by atoms with Crippen LogP contribution in [-0.4, -0.2) is 46.4 Å². The van der Waals surface area contributed by atoms with E-state index >= 15 is 0 Å². The first kappa shape index (κ1) is 16.9. The van der Waals surface area contributed by atoms with E-state index in [0.29, 0.717) is 0 Å². The van der Waals surface area contributed by atoms with Crippen LogP contribution >= 0.6 is 0 Å². The number of ether oxygens (including phenoxy) is 4. The van der Waals surface area contributed by atoms with Crippen molar-refractivity contribution in [2.24, 2.45) is 0 Å². The van der Waals surface area contributed by atoms with Crippen LogP contribution in [0.3, 0.4) is 0 Å². The number of aromatic nitrogens is 2. The fraction of sp³-hybridized carbons (Fsp3) is 0.571. The van der Waals surface area contributed by atoms with Gasteiger partial charge in [0.2, 0.25) is 0 Å². The maximum Gasteiger partial charge on any atom is 0.303 e. The number of carbonyl (C=O) groups is 2. The Kier molecular flexibility index (Phi) is 4.69. The van der Waals surface area contributed by atoms with Crippen LogP contribution in [0.4, 0.5) is 0 Å². The number of nitrogens with one attached hydrogen (secondary N) is 1. The Morgan fingerprint density at radius 1 is 1.39 bits per heavy atom. The van der Waals surface area contributed by atoms with Crippen molar-refractivity contribution in [3.63, 3.8) is 0 Å². The fourth-order valence-electron chi connectivity index (χ4n) is 2.54. The van der Waals surface area contributed by atoms with Crippen LogP contribution in [0, 0.1) is 5.41 Å². The number of rotatable bonds is 3. The van der Waals surface area contributed by atoms with Gasteiger partial charge in [-0.25, -0.2) is 0 Å². The summed E-state index contributed by atoms with van der Waals surface area (Å²) in [6.07, 6.45) is -0.877. The molecule has 1 fully saturated rings. The number of fused-ring (bicyclic) bond motifs is 3. The lowest BCUT2D eigenvalue weighted by Crippen LogP contribution is -2.39. The van der Waals surface area contributed by atoms with Crippen LogP contribution in [0.25, 0.3) is 0 Å². The topological polar surface area (TPSA) is 113 Å². The summed E-state index contributed by atoms with van der Waals surface area (Å²) in [6, 6.07) is 1.73. The molecule has 0 saturated carbocycles. The lowest BCUT2D eigenvalue weighted by atomic mass is 10.1. The van der Waals surface area contributed by atoms with E-state index in [0.717, 1.165) is 0 Å². The summed E-state index contributed by atoms with van der Waals surface area (Å²) >= 11 is 0. The average Bonchev–Trinajstić information content (AvgIpc) is 2.92. The molecule has 0 aliphatic carbocycles. The molecule has 0 radical (unpaired) electrons. The van der Waals surface area contributed by atoms with E-state index in [9.17, 15) is 9.59 Å². The van der Waals surface area contributed by atoms with Gasteiger partial charge in [0.05, 0.1) is 0 Å². The van der Waals surface area contributed by atoms with E-state index < -0.39 is 36.5 Å². The first-order chi connectivity index (χ1) is 10.5. The summed E-state index contributed by atoms with van der Waals surface area (Å²) in [4.78, 5) is 26.2. The molecule has 2 aliphatic rings. The van der Waals surface area contributed by atoms with Gasteiger partial charge < -0.3 is 18.9 Å². The standard InChI is InChI=1S/C13H15N3O6.CH4/c1-6(17)19-5-8-10(20-7(2)18)11-12(21-8)16-4-3-9(14)15-13(16)22-11;/h3-4,8,10-12,14H,5H2,1-2H3;1H4/t8-,10-,11+,12-;/m1./s1. The molecule has 0 spiro atoms. The summed E-state index contributed by atoms with van der Waals surface area (Å²) in [5.74, 6) is -0.933. The van der Waals surface area contributed by atoms with Gasteiger partial charge in [-0.1, -0.05) is 7.43 Å². The molecule has 9 nitrogen and oxygen atoms in total. The Hall–Kier alpha value is -2.42. The second-order valence-corrected chi connectivity index (χ2v) is 5.03. The SMILES string of the molecule is C.CC(=O)OC[C@H]1O[C@@H]2[C@@H](Oc3nc(=N)ccn32)[C@@H]1OC(C)=O. The zero-order chi connectivity index (χ0) is 15.9. The third-order valence-corrected chi connectivity index (χ3v) is 3.38. The molecular weight excluding hydrogens is 306 g/mol. The van der Waals surface area contributed by atoms with Crippen molar-refractivity contribution in [3.05, 3.63) is 17.8 Å². The largest absolute Gasteiger partial charge is 0.463 e. The first-order valence-electron chi connectivity index (χ1n) is 6.72. The summed E-state index contributed by atoms with van der Waals surface area (Å²) in [7, 11) is 0. The molecule has 0 bridgehead atoms. The van der Waals surface area contributed by atoms with Crippen molar-refractivity contribution in [2.45, 2.75) is 45.8 Å². The maximum absolute atomic E-state index is 11.3. The molecule has 1 saturated heterocycles. The van der Waals surface area contributed by atoms with Crippen LogP contribution in [-0.2, 0) is 23.8 Å². The van der Waals surface area contributed by atoms with E-state index in [1.807, 2.05) is 0 Å². The number of carbonyl (C=O) groups excluding carboxylic acids is 2. The van der Waals surface area contributed by atoms with Gasteiger partial charge in [0.15, 0.2) is 23.9 Å². The third-order valence-electron chi connectivity index (χ3n) is 3.38. The van der Waals surface area contributed by atoms with E-state index in [4.69, 9.17) is 24.4 Å². The number of hydrogen-bond acceptors (Lipinski definition) is 8. The molecular formula is C14H19N3O6. The Bertz CT molecular complexity index is 673. The minimum atomic E-state index is -0.724. The van der Waals surface area contributed by atoms with Gasteiger partial charge in [-0.2, -0.15) is 4.98 Å². The van der Waals surface area contributed by atoms with Gasteiger partial charge >= 0.3 is 17.9 Å². The molecule has 0 aromatic carbocycles. The monoisotopic (exact) mass is 325 g/mol. The predicted molar refractivity (Wildman–Crippen MR) is 75.3 cm³/mol. The van der Waals surface area contributed by atoms with Crippen LogP contribution in [0.15, 0.2) is 12.3 Å².